The fourth-order valence-electron chi connectivity index (χ4n) is 0.862. The van der Waals surface area contributed by atoms with Gasteiger partial charge in [0.25, 0.3) is 0 Å². The van der Waals surface area contributed by atoms with Crippen LogP contribution in [0.2, 0.25) is 0 Å². The second-order valence-corrected chi connectivity index (χ2v) is 2.09. The zero-order valence-electron chi connectivity index (χ0n) is 5.53. The SMILES string of the molecule is Fc1ccc2ncnnc2c1. The molecule has 0 amide bonds. The van der Waals surface area contributed by atoms with Crippen molar-refractivity contribution in [2.45, 2.75) is 0 Å². The molecule has 0 bridgehead atoms. The van der Waals surface area contributed by atoms with Gasteiger partial charge in [-0.25, -0.2) is 9.37 Å². The summed E-state index contributed by atoms with van der Waals surface area (Å²) in [5.74, 6) is -0.320. The van der Waals surface area contributed by atoms with E-state index in [0.29, 0.717) is 11.0 Å². The van der Waals surface area contributed by atoms with E-state index in [-0.39, 0.29) is 5.82 Å². The molecule has 0 atom stereocenters. The van der Waals surface area contributed by atoms with E-state index in [1.54, 1.807) is 6.07 Å². The first-order valence-electron chi connectivity index (χ1n) is 3.09. The lowest BCUT2D eigenvalue weighted by Gasteiger charge is -1.91. The molecule has 0 aliphatic carbocycles. The molecule has 2 rings (SSSR count). The minimum absolute atomic E-state index is 0.320. The zero-order chi connectivity index (χ0) is 7.68. The van der Waals surface area contributed by atoms with Gasteiger partial charge in [0.05, 0.1) is 5.52 Å². The molecule has 0 radical (unpaired) electrons. The van der Waals surface area contributed by atoms with Crippen molar-refractivity contribution in [3.05, 3.63) is 30.3 Å². The number of benzene rings is 1. The van der Waals surface area contributed by atoms with Gasteiger partial charge >= 0.3 is 0 Å². The van der Waals surface area contributed by atoms with Gasteiger partial charge in [-0.15, -0.1) is 10.2 Å². The molecule has 0 spiro atoms. The second kappa shape index (κ2) is 2.23. The lowest BCUT2D eigenvalue weighted by Crippen LogP contribution is -1.86. The Morgan fingerprint density at radius 2 is 2.09 bits per heavy atom. The van der Waals surface area contributed by atoms with Gasteiger partial charge in [0, 0.05) is 6.07 Å². The number of aromatic nitrogens is 3. The Morgan fingerprint density at radius 3 is 3.00 bits per heavy atom. The predicted molar refractivity (Wildman–Crippen MR) is 37.3 cm³/mol. The van der Waals surface area contributed by atoms with E-state index < -0.39 is 0 Å². The third-order valence-corrected chi connectivity index (χ3v) is 1.35. The van der Waals surface area contributed by atoms with E-state index in [2.05, 4.69) is 15.2 Å². The van der Waals surface area contributed by atoms with E-state index in [0.717, 1.165) is 0 Å². The highest BCUT2D eigenvalue weighted by atomic mass is 19.1. The molecule has 2 aromatic rings. The van der Waals surface area contributed by atoms with Crippen LogP contribution in [0, 0.1) is 5.82 Å². The number of hydrogen-bond acceptors (Lipinski definition) is 3. The molecule has 11 heavy (non-hydrogen) atoms. The van der Waals surface area contributed by atoms with Crippen LogP contribution < -0.4 is 0 Å². The van der Waals surface area contributed by atoms with Crippen LogP contribution in [0.5, 0.6) is 0 Å². The summed E-state index contributed by atoms with van der Waals surface area (Å²) in [5, 5.41) is 7.22. The van der Waals surface area contributed by atoms with Crippen LogP contribution in [0.25, 0.3) is 11.0 Å². The fourth-order valence-corrected chi connectivity index (χ4v) is 0.862. The minimum atomic E-state index is -0.320. The molecule has 0 unspecified atom stereocenters. The Kier molecular flexibility index (Phi) is 1.25. The number of fused-ring (bicyclic) bond motifs is 1. The molecule has 3 nitrogen and oxygen atoms in total. The molecule has 1 aromatic heterocycles. The summed E-state index contributed by atoms with van der Waals surface area (Å²) in [5.41, 5.74) is 1.13. The van der Waals surface area contributed by atoms with Crippen LogP contribution in [0.3, 0.4) is 0 Å². The molecule has 1 heterocycles. The molecule has 1 aromatic carbocycles. The van der Waals surface area contributed by atoms with E-state index in [4.69, 9.17) is 0 Å². The van der Waals surface area contributed by atoms with Crippen molar-refractivity contribution in [1.82, 2.24) is 15.2 Å². The standard InChI is InChI=1S/C7H4FN3/c8-5-1-2-6-7(3-5)11-10-4-9-6/h1-4H. The maximum Gasteiger partial charge on any atom is 0.138 e. The summed E-state index contributed by atoms with van der Waals surface area (Å²) in [7, 11) is 0. The van der Waals surface area contributed by atoms with Crippen LogP contribution in [0.15, 0.2) is 24.5 Å². The van der Waals surface area contributed by atoms with Gasteiger partial charge in [-0.1, -0.05) is 0 Å². The maximum atomic E-state index is 12.5. The Hall–Kier alpha value is -1.58. The van der Waals surface area contributed by atoms with Crippen LogP contribution in [0.4, 0.5) is 4.39 Å². The van der Waals surface area contributed by atoms with Gasteiger partial charge in [0.2, 0.25) is 0 Å². The average Bonchev–Trinajstić information content (AvgIpc) is 2.04. The smallest absolute Gasteiger partial charge is 0.138 e. The highest BCUT2D eigenvalue weighted by Gasteiger charge is 1.95. The van der Waals surface area contributed by atoms with E-state index >= 15 is 0 Å². The van der Waals surface area contributed by atoms with Crippen molar-refractivity contribution in [3.63, 3.8) is 0 Å². The number of rotatable bonds is 0. The molecule has 0 aliphatic heterocycles. The van der Waals surface area contributed by atoms with E-state index in [9.17, 15) is 4.39 Å². The number of halogens is 1. The van der Waals surface area contributed by atoms with Gasteiger partial charge in [-0.05, 0) is 12.1 Å². The Bertz CT molecular complexity index is 388. The molecule has 0 aliphatic rings. The first kappa shape index (κ1) is 6.15. The molecular weight excluding hydrogens is 145 g/mol. The lowest BCUT2D eigenvalue weighted by molar-refractivity contribution is 0.629. The second-order valence-electron chi connectivity index (χ2n) is 2.09. The average molecular weight is 149 g/mol. The molecule has 4 heteroatoms. The highest BCUT2D eigenvalue weighted by molar-refractivity contribution is 5.72. The van der Waals surface area contributed by atoms with Crippen molar-refractivity contribution in [3.8, 4) is 0 Å². The summed E-state index contributed by atoms with van der Waals surface area (Å²) in [6.45, 7) is 0. The zero-order valence-corrected chi connectivity index (χ0v) is 5.53. The van der Waals surface area contributed by atoms with Crippen LogP contribution in [-0.4, -0.2) is 15.2 Å². The van der Waals surface area contributed by atoms with E-state index in [1.807, 2.05) is 0 Å². The summed E-state index contributed by atoms with van der Waals surface area (Å²) >= 11 is 0. The van der Waals surface area contributed by atoms with Crippen molar-refractivity contribution < 1.29 is 4.39 Å². The number of hydrogen-bond donors (Lipinski definition) is 0. The van der Waals surface area contributed by atoms with Crippen molar-refractivity contribution in [2.75, 3.05) is 0 Å². The van der Waals surface area contributed by atoms with Gasteiger partial charge in [-0.3, -0.25) is 0 Å². The maximum absolute atomic E-state index is 12.5. The molecule has 0 fully saturated rings. The topological polar surface area (TPSA) is 38.7 Å². The van der Waals surface area contributed by atoms with Gasteiger partial charge < -0.3 is 0 Å². The third kappa shape index (κ3) is 1.02. The Balaban J connectivity index is 2.83. The summed E-state index contributed by atoms with van der Waals surface area (Å²) < 4.78 is 12.5. The molecule has 54 valence electrons. The quantitative estimate of drug-likeness (QED) is 0.564. The molecular formula is C7H4FN3. The van der Waals surface area contributed by atoms with Gasteiger partial charge in [-0.2, -0.15) is 0 Å². The Labute approximate surface area is 61.9 Å². The van der Waals surface area contributed by atoms with Crippen LogP contribution in [0.1, 0.15) is 0 Å². The first-order chi connectivity index (χ1) is 5.36. The highest BCUT2D eigenvalue weighted by Crippen LogP contribution is 2.07. The number of nitrogens with zero attached hydrogens (tertiary/aromatic N) is 3. The molecule has 0 saturated heterocycles. The molecule has 0 saturated carbocycles. The molecule has 0 N–H and O–H groups in total. The van der Waals surface area contributed by atoms with Crippen molar-refractivity contribution in [1.29, 1.82) is 0 Å². The van der Waals surface area contributed by atoms with Crippen molar-refractivity contribution in [2.24, 2.45) is 0 Å². The Morgan fingerprint density at radius 1 is 1.18 bits per heavy atom. The summed E-state index contributed by atoms with van der Waals surface area (Å²) in [4.78, 5) is 3.88. The third-order valence-electron chi connectivity index (χ3n) is 1.35. The van der Waals surface area contributed by atoms with E-state index in [1.165, 1.54) is 18.5 Å². The first-order valence-corrected chi connectivity index (χ1v) is 3.09. The summed E-state index contributed by atoms with van der Waals surface area (Å²) in [6, 6.07) is 4.21. The minimum Gasteiger partial charge on any atom is -0.233 e. The predicted octanol–water partition coefficient (Wildman–Crippen LogP) is 1.16. The monoisotopic (exact) mass is 149 g/mol. The normalized spacial score (nSPS) is 10.3. The van der Waals surface area contributed by atoms with Crippen molar-refractivity contribution >= 4 is 11.0 Å². The van der Waals surface area contributed by atoms with Crippen LogP contribution in [-0.2, 0) is 0 Å². The van der Waals surface area contributed by atoms with Crippen LogP contribution >= 0.6 is 0 Å². The fraction of sp³-hybridized carbons (Fsp3) is 0. The van der Waals surface area contributed by atoms with Gasteiger partial charge in [0.15, 0.2) is 0 Å². The summed E-state index contributed by atoms with van der Waals surface area (Å²) in [6.07, 6.45) is 1.33. The van der Waals surface area contributed by atoms with Gasteiger partial charge in [0.1, 0.15) is 17.7 Å². The largest absolute Gasteiger partial charge is 0.233 e. The lowest BCUT2D eigenvalue weighted by atomic mass is 10.3.